The van der Waals surface area contributed by atoms with Crippen molar-refractivity contribution in [1.29, 1.82) is 0 Å². The molecule has 3 rings (SSSR count). The number of rotatable bonds is 2. The van der Waals surface area contributed by atoms with Crippen LogP contribution >= 0.6 is 23.2 Å². The quantitative estimate of drug-likeness (QED) is 0.821. The number of pyridine rings is 1. The number of aryl methyl sites for hydroxylation is 1. The molecule has 21 heavy (non-hydrogen) atoms. The van der Waals surface area contributed by atoms with Crippen molar-refractivity contribution >= 4 is 34.0 Å². The average Bonchev–Trinajstić information content (AvgIpc) is 2.49. The Morgan fingerprint density at radius 3 is 2.81 bits per heavy atom. The van der Waals surface area contributed by atoms with Crippen molar-refractivity contribution in [2.24, 2.45) is 0 Å². The molecule has 1 aromatic heterocycles. The summed E-state index contributed by atoms with van der Waals surface area (Å²) >= 11 is 12.0. The monoisotopic (exact) mass is 341 g/mol. The molecule has 110 valence electrons. The lowest BCUT2D eigenvalue weighted by molar-refractivity contribution is 0.167. The number of fused-ring (bicyclic) bond motifs is 1. The van der Waals surface area contributed by atoms with Gasteiger partial charge in [-0.2, -0.15) is 0 Å². The number of ether oxygens (including phenoxy) is 1. The standard InChI is InChI=1S/C15H13Cl2NO2S/c1-21(19)11-6-10-3-5-14(20-15(10)18-8-11)9-2-4-12(16)13(17)7-9/h2,4,6-8,14H,3,5H2,1H3. The Balaban J connectivity index is 1.87. The van der Waals surface area contributed by atoms with E-state index in [0.29, 0.717) is 15.9 Å². The van der Waals surface area contributed by atoms with E-state index in [0.717, 1.165) is 28.9 Å². The second-order valence-electron chi connectivity index (χ2n) is 4.91. The van der Waals surface area contributed by atoms with Crippen LogP contribution in [0.25, 0.3) is 0 Å². The molecule has 0 spiro atoms. The maximum atomic E-state index is 11.5. The SMILES string of the molecule is CS(=O)c1cnc2c(c1)CCC(c1ccc(Cl)c(Cl)c1)O2. The van der Waals surface area contributed by atoms with E-state index in [1.807, 2.05) is 18.2 Å². The molecule has 3 nitrogen and oxygen atoms in total. The number of hydrogen-bond donors (Lipinski definition) is 0. The number of hydrogen-bond acceptors (Lipinski definition) is 3. The Labute approximate surface area is 135 Å². The van der Waals surface area contributed by atoms with Gasteiger partial charge < -0.3 is 4.74 Å². The van der Waals surface area contributed by atoms with Gasteiger partial charge in [0.25, 0.3) is 0 Å². The first kappa shape index (κ1) is 14.8. The summed E-state index contributed by atoms with van der Waals surface area (Å²) in [5.74, 6) is 0.603. The number of halogens is 2. The predicted octanol–water partition coefficient (Wildman–Crippen LogP) is 4.19. The molecule has 0 saturated heterocycles. The van der Waals surface area contributed by atoms with E-state index in [4.69, 9.17) is 27.9 Å². The van der Waals surface area contributed by atoms with Crippen LogP contribution < -0.4 is 4.74 Å². The van der Waals surface area contributed by atoms with Crippen LogP contribution in [0.2, 0.25) is 10.0 Å². The minimum Gasteiger partial charge on any atom is -0.469 e. The third kappa shape index (κ3) is 3.07. The Hall–Kier alpha value is -1.10. The molecule has 0 aliphatic carbocycles. The predicted molar refractivity (Wildman–Crippen MR) is 84.7 cm³/mol. The van der Waals surface area contributed by atoms with Gasteiger partial charge in [0.2, 0.25) is 5.88 Å². The zero-order valence-corrected chi connectivity index (χ0v) is 13.6. The zero-order valence-electron chi connectivity index (χ0n) is 11.3. The summed E-state index contributed by atoms with van der Waals surface area (Å²) in [5.41, 5.74) is 1.99. The summed E-state index contributed by atoms with van der Waals surface area (Å²) in [6.45, 7) is 0. The molecule has 1 aliphatic rings. The number of nitrogens with zero attached hydrogens (tertiary/aromatic N) is 1. The fourth-order valence-electron chi connectivity index (χ4n) is 2.35. The third-order valence-electron chi connectivity index (χ3n) is 3.48. The molecule has 6 heteroatoms. The Bertz CT molecular complexity index is 721. The number of aromatic nitrogens is 1. The first-order chi connectivity index (χ1) is 10.0. The first-order valence-corrected chi connectivity index (χ1v) is 8.80. The van der Waals surface area contributed by atoms with Gasteiger partial charge in [-0.25, -0.2) is 4.98 Å². The molecule has 2 atom stereocenters. The van der Waals surface area contributed by atoms with Gasteiger partial charge in [-0.1, -0.05) is 29.3 Å². The molecule has 0 radical (unpaired) electrons. The highest BCUT2D eigenvalue weighted by Crippen LogP contribution is 2.35. The van der Waals surface area contributed by atoms with Crippen LogP contribution in [0, 0.1) is 0 Å². The van der Waals surface area contributed by atoms with Gasteiger partial charge >= 0.3 is 0 Å². The number of benzene rings is 1. The molecular formula is C15H13Cl2NO2S. The second kappa shape index (κ2) is 5.95. The third-order valence-corrected chi connectivity index (χ3v) is 5.10. The van der Waals surface area contributed by atoms with Gasteiger partial charge in [0, 0.05) is 18.0 Å². The molecule has 0 fully saturated rings. The van der Waals surface area contributed by atoms with Crippen LogP contribution in [-0.2, 0) is 17.2 Å². The molecular weight excluding hydrogens is 329 g/mol. The van der Waals surface area contributed by atoms with Crippen molar-refractivity contribution in [3.63, 3.8) is 0 Å². The van der Waals surface area contributed by atoms with Crippen LogP contribution in [0.4, 0.5) is 0 Å². The molecule has 0 bridgehead atoms. The summed E-state index contributed by atoms with van der Waals surface area (Å²) in [5, 5.41) is 1.05. The molecule has 2 aromatic rings. The molecule has 2 heterocycles. The van der Waals surface area contributed by atoms with Gasteiger partial charge in [-0.3, -0.25) is 4.21 Å². The van der Waals surface area contributed by atoms with Crippen molar-refractivity contribution in [2.45, 2.75) is 23.8 Å². The maximum absolute atomic E-state index is 11.5. The van der Waals surface area contributed by atoms with Crippen LogP contribution in [0.15, 0.2) is 35.4 Å². The van der Waals surface area contributed by atoms with Crippen molar-refractivity contribution in [3.05, 3.63) is 51.6 Å². The van der Waals surface area contributed by atoms with Crippen molar-refractivity contribution in [3.8, 4) is 5.88 Å². The highest BCUT2D eigenvalue weighted by Gasteiger charge is 2.23. The van der Waals surface area contributed by atoms with E-state index < -0.39 is 10.8 Å². The lowest BCUT2D eigenvalue weighted by Crippen LogP contribution is -2.16. The van der Waals surface area contributed by atoms with E-state index in [9.17, 15) is 4.21 Å². The van der Waals surface area contributed by atoms with E-state index >= 15 is 0 Å². The van der Waals surface area contributed by atoms with Gasteiger partial charge in [0.15, 0.2) is 0 Å². The molecule has 0 saturated carbocycles. The normalized spacial score (nSPS) is 18.7. The Kier molecular flexibility index (Phi) is 4.20. The minimum absolute atomic E-state index is 0.0854. The lowest BCUT2D eigenvalue weighted by atomic mass is 9.99. The summed E-state index contributed by atoms with van der Waals surface area (Å²) in [6.07, 6.45) is 4.82. The highest BCUT2D eigenvalue weighted by atomic mass is 35.5. The molecule has 2 unspecified atom stereocenters. The van der Waals surface area contributed by atoms with Crippen molar-refractivity contribution in [2.75, 3.05) is 6.26 Å². The Morgan fingerprint density at radius 1 is 1.29 bits per heavy atom. The summed E-state index contributed by atoms with van der Waals surface area (Å²) in [4.78, 5) is 5.01. The lowest BCUT2D eigenvalue weighted by Gasteiger charge is -2.25. The van der Waals surface area contributed by atoms with Gasteiger partial charge in [-0.15, -0.1) is 0 Å². The second-order valence-corrected chi connectivity index (χ2v) is 7.10. The van der Waals surface area contributed by atoms with Crippen LogP contribution in [0.5, 0.6) is 5.88 Å². The van der Waals surface area contributed by atoms with E-state index in [1.54, 1.807) is 18.5 Å². The smallest absolute Gasteiger partial charge is 0.217 e. The molecule has 1 aliphatic heterocycles. The van der Waals surface area contributed by atoms with E-state index in [2.05, 4.69) is 4.98 Å². The topological polar surface area (TPSA) is 39.2 Å². The van der Waals surface area contributed by atoms with Crippen molar-refractivity contribution < 1.29 is 8.95 Å². The highest BCUT2D eigenvalue weighted by molar-refractivity contribution is 7.84. The molecule has 1 aromatic carbocycles. The zero-order chi connectivity index (χ0) is 15.0. The van der Waals surface area contributed by atoms with E-state index in [-0.39, 0.29) is 6.10 Å². The largest absolute Gasteiger partial charge is 0.469 e. The summed E-state index contributed by atoms with van der Waals surface area (Å²) in [6, 6.07) is 7.42. The van der Waals surface area contributed by atoms with Gasteiger partial charge in [-0.05, 0) is 36.6 Å². The van der Waals surface area contributed by atoms with Gasteiger partial charge in [0.05, 0.1) is 25.7 Å². The first-order valence-electron chi connectivity index (χ1n) is 6.48. The van der Waals surface area contributed by atoms with Crippen molar-refractivity contribution in [1.82, 2.24) is 4.98 Å². The molecule has 0 amide bonds. The fourth-order valence-corrected chi connectivity index (χ4v) is 3.16. The van der Waals surface area contributed by atoms with E-state index in [1.165, 1.54) is 0 Å². The van der Waals surface area contributed by atoms with Crippen LogP contribution in [-0.4, -0.2) is 15.4 Å². The summed E-state index contributed by atoms with van der Waals surface area (Å²) in [7, 11) is -1.03. The Morgan fingerprint density at radius 2 is 2.10 bits per heavy atom. The van der Waals surface area contributed by atoms with Crippen LogP contribution in [0.3, 0.4) is 0 Å². The minimum atomic E-state index is -1.03. The fraction of sp³-hybridized carbons (Fsp3) is 0.267. The van der Waals surface area contributed by atoms with Crippen LogP contribution in [0.1, 0.15) is 23.7 Å². The average molecular weight is 342 g/mol. The molecule has 0 N–H and O–H groups in total. The maximum Gasteiger partial charge on any atom is 0.217 e. The van der Waals surface area contributed by atoms with Gasteiger partial charge in [0.1, 0.15) is 6.10 Å². The summed E-state index contributed by atoms with van der Waals surface area (Å²) < 4.78 is 17.4.